The van der Waals surface area contributed by atoms with Crippen molar-refractivity contribution in [3.05, 3.63) is 30.5 Å². The molecule has 1 aromatic carbocycles. The van der Waals surface area contributed by atoms with Crippen LogP contribution in [0.1, 0.15) is 0 Å². The van der Waals surface area contributed by atoms with Crippen LogP contribution >= 0.6 is 18.4 Å². The summed E-state index contributed by atoms with van der Waals surface area (Å²) in [4.78, 5) is 0. The second kappa shape index (κ2) is 2.89. The first-order valence-corrected chi connectivity index (χ1v) is 5.55. The maximum Gasteiger partial charge on any atom is 0.498 e. The summed E-state index contributed by atoms with van der Waals surface area (Å²) in [6.07, 6.45) is 1.44. The van der Waals surface area contributed by atoms with Crippen LogP contribution in [0.5, 0.6) is 0 Å². The maximum atomic E-state index is 11.0. The van der Waals surface area contributed by atoms with Gasteiger partial charge < -0.3 is 4.42 Å². The number of benzene rings is 1. The van der Waals surface area contributed by atoms with Gasteiger partial charge >= 0.3 is 7.15 Å². The third-order valence-electron chi connectivity index (χ3n) is 1.65. The minimum atomic E-state index is -1.83. The van der Waals surface area contributed by atoms with Gasteiger partial charge in [-0.2, -0.15) is 0 Å². The Morgan fingerprint density at radius 3 is 2.83 bits per heavy atom. The van der Waals surface area contributed by atoms with Crippen molar-refractivity contribution >= 4 is 34.7 Å². The Bertz CT molecular complexity index is 435. The van der Waals surface area contributed by atoms with E-state index in [0.717, 1.165) is 11.0 Å². The van der Waals surface area contributed by atoms with Gasteiger partial charge in [-0.05, 0) is 16.7 Å². The minimum Gasteiger partial charge on any atom is -0.459 e. The fourth-order valence-electron chi connectivity index (χ4n) is 1.10. The molecule has 0 fully saturated rings. The summed E-state index contributed by atoms with van der Waals surface area (Å²) >= 11 is 5.47. The van der Waals surface area contributed by atoms with Gasteiger partial charge in [-0.15, -0.1) is 0 Å². The first-order chi connectivity index (χ1) is 5.79. The largest absolute Gasteiger partial charge is 0.498 e. The molecule has 0 saturated carbocycles. The smallest absolute Gasteiger partial charge is 0.459 e. The van der Waals surface area contributed by atoms with Crippen molar-refractivity contribution in [2.75, 3.05) is 0 Å². The lowest BCUT2D eigenvalue weighted by molar-refractivity contribution is 0.598. The highest BCUT2D eigenvalue weighted by molar-refractivity contribution is 7.80. The molecule has 2 rings (SSSR count). The molecular weight excluding hydrogens is 195 g/mol. The second-order valence-electron chi connectivity index (χ2n) is 2.36. The predicted molar refractivity (Wildman–Crippen MR) is 49.3 cm³/mol. The van der Waals surface area contributed by atoms with E-state index in [1.54, 1.807) is 0 Å². The number of furan rings is 1. The number of rotatable bonds is 1. The first kappa shape index (κ1) is 7.78. The van der Waals surface area contributed by atoms with Crippen molar-refractivity contribution in [3.8, 4) is 0 Å². The molecule has 0 radical (unpaired) electrons. The Kier molecular flexibility index (Phi) is 1.87. The number of fused-ring (bicyclic) bond motifs is 1. The van der Waals surface area contributed by atoms with Crippen LogP contribution in [0.2, 0.25) is 0 Å². The summed E-state index contributed by atoms with van der Waals surface area (Å²) in [7, 11) is -1.83. The van der Waals surface area contributed by atoms with Crippen LogP contribution in [0.15, 0.2) is 34.9 Å². The average molecular weight is 200 g/mol. The molecule has 0 saturated heterocycles. The van der Waals surface area contributed by atoms with E-state index >= 15 is 0 Å². The Morgan fingerprint density at radius 1 is 1.33 bits per heavy atom. The fourth-order valence-corrected chi connectivity index (χ4v) is 2.00. The first-order valence-electron chi connectivity index (χ1n) is 3.38. The van der Waals surface area contributed by atoms with Crippen LogP contribution in [-0.4, -0.2) is 0 Å². The average Bonchev–Trinajstić information content (AvgIpc) is 2.47. The van der Waals surface area contributed by atoms with Crippen molar-refractivity contribution in [3.63, 3.8) is 0 Å². The number of para-hydroxylation sites is 1. The zero-order chi connectivity index (χ0) is 8.55. The van der Waals surface area contributed by atoms with Gasteiger partial charge in [0.1, 0.15) is 11.8 Å². The Morgan fingerprint density at radius 2 is 2.08 bits per heavy atom. The molecule has 0 aliphatic carbocycles. The fraction of sp³-hybridized carbons (Fsp3) is 0. The molecule has 1 aromatic heterocycles. The third kappa shape index (κ3) is 1.13. The van der Waals surface area contributed by atoms with Gasteiger partial charge in [0.25, 0.3) is 5.30 Å². The third-order valence-corrected chi connectivity index (χ3v) is 2.92. The summed E-state index contributed by atoms with van der Waals surface area (Å²) in [6.45, 7) is 0. The zero-order valence-corrected chi connectivity index (χ0v) is 7.68. The Balaban J connectivity index is 2.79. The number of halogens is 1. The molecule has 0 spiro atoms. The van der Waals surface area contributed by atoms with Gasteiger partial charge in [0.2, 0.25) is 11.2 Å². The molecule has 0 aliphatic rings. The predicted octanol–water partition coefficient (Wildman–Crippen LogP) is 3.04. The summed E-state index contributed by atoms with van der Waals surface area (Å²) in [5, 5.41) is 1.40. The summed E-state index contributed by atoms with van der Waals surface area (Å²) in [6, 6.07) is 7.37. The molecule has 1 unspecified atom stereocenters. The lowest BCUT2D eigenvalue weighted by Crippen LogP contribution is -1.87. The number of hydrogen-bond donors (Lipinski definition) is 0. The molecule has 2 nitrogen and oxygen atoms in total. The molecule has 4 heteroatoms. The normalized spacial score (nSPS) is 11.9. The van der Waals surface area contributed by atoms with Crippen LogP contribution < -0.4 is 5.30 Å². The van der Waals surface area contributed by atoms with Gasteiger partial charge in [-0.1, -0.05) is 12.1 Å². The van der Waals surface area contributed by atoms with Gasteiger partial charge in [0.15, 0.2) is 0 Å². The van der Waals surface area contributed by atoms with Gasteiger partial charge in [0.05, 0.1) is 5.39 Å². The van der Waals surface area contributed by atoms with Crippen molar-refractivity contribution in [1.29, 1.82) is 0 Å². The van der Waals surface area contributed by atoms with Crippen LogP contribution in [0.3, 0.4) is 0 Å². The van der Waals surface area contributed by atoms with E-state index in [1.165, 1.54) is 6.26 Å². The highest BCUT2D eigenvalue weighted by atomic mass is 35.7. The Labute approximate surface area is 74.7 Å². The van der Waals surface area contributed by atoms with Crippen molar-refractivity contribution in [1.82, 2.24) is 0 Å². The highest BCUT2D eigenvalue weighted by Crippen LogP contribution is 2.30. The van der Waals surface area contributed by atoms with E-state index < -0.39 is 7.15 Å². The molecule has 0 bridgehead atoms. The van der Waals surface area contributed by atoms with Crippen molar-refractivity contribution in [2.45, 2.75) is 0 Å². The standard InChI is InChI=1S/C8H5ClO2P/c9-12(10)8-5-11-7-4-2-1-3-6(7)8/h1-5H/q+1. The minimum absolute atomic E-state index is 0.572. The van der Waals surface area contributed by atoms with Crippen LogP contribution in [-0.2, 0) is 4.57 Å². The lowest BCUT2D eigenvalue weighted by atomic mass is 10.3. The van der Waals surface area contributed by atoms with Crippen molar-refractivity contribution < 1.29 is 8.98 Å². The highest BCUT2D eigenvalue weighted by Gasteiger charge is 2.22. The van der Waals surface area contributed by atoms with Crippen LogP contribution in [0, 0.1) is 0 Å². The molecule has 12 heavy (non-hydrogen) atoms. The van der Waals surface area contributed by atoms with E-state index in [-0.39, 0.29) is 0 Å². The van der Waals surface area contributed by atoms with E-state index in [2.05, 4.69) is 0 Å². The zero-order valence-electron chi connectivity index (χ0n) is 6.03. The second-order valence-corrected chi connectivity index (χ2v) is 4.25. The molecule has 1 heterocycles. The monoisotopic (exact) mass is 199 g/mol. The summed E-state index contributed by atoms with van der Waals surface area (Å²) < 4.78 is 16.1. The number of hydrogen-bond acceptors (Lipinski definition) is 2. The van der Waals surface area contributed by atoms with Crippen LogP contribution in [0.25, 0.3) is 11.0 Å². The quantitative estimate of drug-likeness (QED) is 0.661. The van der Waals surface area contributed by atoms with Gasteiger partial charge in [-0.25, -0.2) is 0 Å². The molecule has 1 atom stereocenters. The van der Waals surface area contributed by atoms with Gasteiger partial charge in [-0.3, -0.25) is 0 Å². The van der Waals surface area contributed by atoms with E-state index in [1.807, 2.05) is 24.3 Å². The summed E-state index contributed by atoms with van der Waals surface area (Å²) in [5.41, 5.74) is 0.719. The molecule has 60 valence electrons. The van der Waals surface area contributed by atoms with E-state index in [0.29, 0.717) is 5.30 Å². The SMILES string of the molecule is O=[P+](Cl)c1coc2ccccc12. The van der Waals surface area contributed by atoms with Gasteiger partial charge in [0, 0.05) is 0 Å². The molecule has 0 amide bonds. The molecule has 2 aromatic rings. The summed E-state index contributed by atoms with van der Waals surface area (Å²) in [5.74, 6) is 0. The lowest BCUT2D eigenvalue weighted by Gasteiger charge is -1.81. The molecule has 0 aliphatic heterocycles. The van der Waals surface area contributed by atoms with E-state index in [9.17, 15) is 4.57 Å². The van der Waals surface area contributed by atoms with Crippen LogP contribution in [0.4, 0.5) is 0 Å². The Hall–Kier alpha value is -0.850. The maximum absolute atomic E-state index is 11.0. The van der Waals surface area contributed by atoms with E-state index in [4.69, 9.17) is 15.7 Å². The molecular formula is C8H5ClO2P+. The van der Waals surface area contributed by atoms with Crippen molar-refractivity contribution in [2.24, 2.45) is 0 Å². The topological polar surface area (TPSA) is 30.2 Å². The molecule has 0 N–H and O–H groups in total.